The van der Waals surface area contributed by atoms with Crippen molar-refractivity contribution >= 4 is 30.7 Å². The van der Waals surface area contributed by atoms with Gasteiger partial charge in [-0.05, 0) is 68.6 Å². The number of amides is 1. The summed E-state index contributed by atoms with van der Waals surface area (Å²) >= 11 is 0. The molecule has 2 aliphatic rings. The second-order valence-electron chi connectivity index (χ2n) is 9.58. The third-order valence-corrected chi connectivity index (χ3v) is 7.63. The monoisotopic (exact) mass is 511 g/mol. The standard InChI is InChI=1S/C29H33N3O.2ClH/c33-28-29(17-22-32(28)23-26-13-7-8-18-30-26)15-20-31(21-16-29)19-14-27(24-9-3-1-4-10-24)25-11-5-2-6-12-25;;/h1-13,18,27H,14-17,19-23H2;2*1H. The Morgan fingerprint density at radius 1 is 0.771 bits per heavy atom. The van der Waals surface area contributed by atoms with Crippen LogP contribution < -0.4 is 0 Å². The van der Waals surface area contributed by atoms with E-state index in [1.54, 1.807) is 0 Å². The molecule has 35 heavy (non-hydrogen) atoms. The van der Waals surface area contributed by atoms with Gasteiger partial charge in [-0.15, -0.1) is 24.8 Å². The molecule has 2 fully saturated rings. The summed E-state index contributed by atoms with van der Waals surface area (Å²) < 4.78 is 0. The number of rotatable bonds is 7. The predicted molar refractivity (Wildman–Crippen MR) is 146 cm³/mol. The minimum atomic E-state index is -0.149. The van der Waals surface area contributed by atoms with Gasteiger partial charge >= 0.3 is 0 Å². The van der Waals surface area contributed by atoms with Gasteiger partial charge in [0.2, 0.25) is 5.91 Å². The fourth-order valence-corrected chi connectivity index (χ4v) is 5.61. The van der Waals surface area contributed by atoms with Crippen LogP contribution in [0.1, 0.15) is 48.4 Å². The van der Waals surface area contributed by atoms with Crippen LogP contribution in [0.25, 0.3) is 0 Å². The predicted octanol–water partition coefficient (Wildman–Crippen LogP) is 5.96. The molecule has 5 rings (SSSR count). The fourth-order valence-electron chi connectivity index (χ4n) is 5.61. The molecule has 0 unspecified atom stereocenters. The zero-order chi connectivity index (χ0) is 22.5. The van der Waals surface area contributed by atoms with Crippen molar-refractivity contribution < 1.29 is 4.79 Å². The van der Waals surface area contributed by atoms with Crippen LogP contribution in [0.3, 0.4) is 0 Å². The summed E-state index contributed by atoms with van der Waals surface area (Å²) in [6.07, 6.45) is 5.85. The molecule has 2 aromatic carbocycles. The molecule has 0 bridgehead atoms. The number of aromatic nitrogens is 1. The number of hydrogen-bond acceptors (Lipinski definition) is 3. The van der Waals surface area contributed by atoms with Crippen LogP contribution in [0.5, 0.6) is 0 Å². The summed E-state index contributed by atoms with van der Waals surface area (Å²) in [7, 11) is 0. The van der Waals surface area contributed by atoms with E-state index in [9.17, 15) is 4.79 Å². The van der Waals surface area contributed by atoms with Crippen molar-refractivity contribution in [1.29, 1.82) is 0 Å². The van der Waals surface area contributed by atoms with Crippen molar-refractivity contribution in [3.63, 3.8) is 0 Å². The Balaban J connectivity index is 0.00000171. The smallest absolute Gasteiger partial charge is 0.229 e. The van der Waals surface area contributed by atoms with Gasteiger partial charge < -0.3 is 9.80 Å². The van der Waals surface area contributed by atoms with Crippen molar-refractivity contribution in [3.05, 3.63) is 102 Å². The zero-order valence-corrected chi connectivity index (χ0v) is 21.7. The number of likely N-dealkylation sites (tertiary alicyclic amines) is 2. The van der Waals surface area contributed by atoms with Crippen molar-refractivity contribution in [2.45, 2.75) is 38.1 Å². The minimum Gasteiger partial charge on any atom is -0.336 e. The number of carbonyl (C=O) groups is 1. The van der Waals surface area contributed by atoms with Gasteiger partial charge in [-0.25, -0.2) is 0 Å². The highest BCUT2D eigenvalue weighted by Gasteiger charge is 2.47. The Morgan fingerprint density at radius 3 is 1.91 bits per heavy atom. The maximum atomic E-state index is 13.3. The molecule has 0 radical (unpaired) electrons. The average molecular weight is 513 g/mol. The topological polar surface area (TPSA) is 36.4 Å². The Hall–Kier alpha value is -2.40. The summed E-state index contributed by atoms with van der Waals surface area (Å²) in [5.74, 6) is 0.754. The summed E-state index contributed by atoms with van der Waals surface area (Å²) in [4.78, 5) is 22.3. The van der Waals surface area contributed by atoms with E-state index < -0.39 is 0 Å². The van der Waals surface area contributed by atoms with E-state index in [4.69, 9.17) is 0 Å². The van der Waals surface area contributed by atoms with Crippen molar-refractivity contribution in [1.82, 2.24) is 14.8 Å². The highest BCUT2D eigenvalue weighted by atomic mass is 35.5. The molecule has 4 nitrogen and oxygen atoms in total. The molecule has 1 aromatic heterocycles. The lowest BCUT2D eigenvalue weighted by Crippen LogP contribution is -2.45. The number of carbonyl (C=O) groups excluding carboxylic acids is 1. The van der Waals surface area contributed by atoms with E-state index in [2.05, 4.69) is 70.5 Å². The first-order valence-corrected chi connectivity index (χ1v) is 12.3. The van der Waals surface area contributed by atoms with Gasteiger partial charge in [-0.1, -0.05) is 66.7 Å². The third kappa shape index (κ3) is 6.24. The van der Waals surface area contributed by atoms with Crippen molar-refractivity contribution in [3.8, 4) is 0 Å². The highest BCUT2D eigenvalue weighted by Crippen LogP contribution is 2.42. The summed E-state index contributed by atoms with van der Waals surface area (Å²) in [6, 6.07) is 27.6. The highest BCUT2D eigenvalue weighted by molar-refractivity contribution is 5.86. The Kier molecular flexibility index (Phi) is 9.73. The van der Waals surface area contributed by atoms with Gasteiger partial charge in [0, 0.05) is 18.7 Å². The first-order valence-electron chi connectivity index (χ1n) is 12.3. The molecule has 1 spiro atoms. The lowest BCUT2D eigenvalue weighted by molar-refractivity contribution is -0.138. The summed E-state index contributed by atoms with van der Waals surface area (Å²) in [5.41, 5.74) is 3.60. The van der Waals surface area contributed by atoms with Gasteiger partial charge in [-0.3, -0.25) is 9.78 Å². The lowest BCUT2D eigenvalue weighted by atomic mass is 9.77. The average Bonchev–Trinajstić information content (AvgIpc) is 3.17. The first kappa shape index (κ1) is 27.2. The van der Waals surface area contributed by atoms with Crippen LogP contribution in [0, 0.1) is 5.41 Å². The maximum absolute atomic E-state index is 13.3. The van der Waals surface area contributed by atoms with Crippen LogP contribution in [0.15, 0.2) is 85.1 Å². The van der Waals surface area contributed by atoms with Crippen molar-refractivity contribution in [2.75, 3.05) is 26.2 Å². The molecule has 3 heterocycles. The number of nitrogens with zero attached hydrogens (tertiary/aromatic N) is 3. The van der Waals surface area contributed by atoms with E-state index in [1.807, 2.05) is 29.3 Å². The van der Waals surface area contributed by atoms with Gasteiger partial charge in [-0.2, -0.15) is 0 Å². The first-order chi connectivity index (χ1) is 16.2. The van der Waals surface area contributed by atoms with Crippen LogP contribution in [-0.4, -0.2) is 46.9 Å². The Morgan fingerprint density at radius 2 is 1.34 bits per heavy atom. The zero-order valence-electron chi connectivity index (χ0n) is 20.1. The number of benzene rings is 2. The van der Waals surface area contributed by atoms with Crippen LogP contribution in [-0.2, 0) is 11.3 Å². The molecule has 3 aromatic rings. The quantitative estimate of drug-likeness (QED) is 0.392. The van der Waals surface area contributed by atoms with E-state index in [0.29, 0.717) is 18.4 Å². The summed E-state index contributed by atoms with van der Waals surface area (Å²) in [6.45, 7) is 4.59. The van der Waals surface area contributed by atoms with E-state index in [1.165, 1.54) is 11.1 Å². The molecular weight excluding hydrogens is 477 g/mol. The molecule has 2 saturated heterocycles. The van der Waals surface area contributed by atoms with Crippen LogP contribution >= 0.6 is 24.8 Å². The molecule has 0 saturated carbocycles. The minimum absolute atomic E-state index is 0. The van der Waals surface area contributed by atoms with E-state index >= 15 is 0 Å². The Bertz CT molecular complexity index is 1000. The molecular formula is C29H35Cl2N3O. The van der Waals surface area contributed by atoms with Gasteiger partial charge in [0.25, 0.3) is 0 Å². The lowest BCUT2D eigenvalue weighted by Gasteiger charge is -2.38. The third-order valence-electron chi connectivity index (χ3n) is 7.63. The molecule has 0 atom stereocenters. The Labute approximate surface area is 221 Å². The molecule has 186 valence electrons. The second kappa shape index (κ2) is 12.5. The number of piperidine rings is 1. The number of halogens is 2. The van der Waals surface area contributed by atoms with Gasteiger partial charge in [0.05, 0.1) is 17.7 Å². The molecule has 2 aliphatic heterocycles. The van der Waals surface area contributed by atoms with Crippen molar-refractivity contribution in [2.24, 2.45) is 5.41 Å². The van der Waals surface area contributed by atoms with Crippen LogP contribution in [0.2, 0.25) is 0 Å². The van der Waals surface area contributed by atoms with Crippen LogP contribution in [0.4, 0.5) is 0 Å². The largest absolute Gasteiger partial charge is 0.336 e. The number of hydrogen-bond donors (Lipinski definition) is 0. The second-order valence-corrected chi connectivity index (χ2v) is 9.58. The maximum Gasteiger partial charge on any atom is 0.229 e. The van der Waals surface area contributed by atoms with Gasteiger partial charge in [0.15, 0.2) is 0 Å². The SMILES string of the molecule is Cl.Cl.O=C1N(Cc2ccccn2)CCC12CCN(CCC(c1ccccc1)c1ccccc1)CC2. The molecule has 0 aliphatic carbocycles. The number of pyridine rings is 1. The fraction of sp³-hybridized carbons (Fsp3) is 0.379. The normalized spacial score (nSPS) is 17.3. The van der Waals surface area contributed by atoms with E-state index in [-0.39, 0.29) is 30.2 Å². The molecule has 6 heteroatoms. The molecule has 0 N–H and O–H groups in total. The summed E-state index contributed by atoms with van der Waals surface area (Å²) in [5, 5.41) is 0. The van der Waals surface area contributed by atoms with E-state index in [0.717, 1.165) is 57.6 Å². The van der Waals surface area contributed by atoms with Gasteiger partial charge in [0.1, 0.15) is 0 Å². The molecule has 1 amide bonds.